The zero-order valence-electron chi connectivity index (χ0n) is 12.5. The van der Waals surface area contributed by atoms with Gasteiger partial charge in [-0.25, -0.2) is 0 Å². The number of amides is 1. The van der Waals surface area contributed by atoms with E-state index in [1.807, 2.05) is 63.5 Å². The first kappa shape index (κ1) is 15.6. The van der Waals surface area contributed by atoms with Crippen LogP contribution in [0.1, 0.15) is 21.5 Å². The highest BCUT2D eigenvalue weighted by Gasteiger charge is 2.14. The highest BCUT2D eigenvalue weighted by atomic mass is 79.9. The minimum atomic E-state index is 0.0372. The number of nitrogens with zero attached hydrogens (tertiary/aromatic N) is 1. The predicted octanol–water partition coefficient (Wildman–Crippen LogP) is 4.07. The van der Waals surface area contributed by atoms with Crippen molar-refractivity contribution in [1.82, 2.24) is 4.90 Å². The molecule has 0 atom stereocenters. The van der Waals surface area contributed by atoms with Gasteiger partial charge in [0.05, 0.1) is 0 Å². The molecule has 1 N–H and O–H groups in total. The van der Waals surface area contributed by atoms with E-state index in [-0.39, 0.29) is 5.91 Å². The molecule has 21 heavy (non-hydrogen) atoms. The standard InChI is InChI=1S/C17H19BrN2O/c1-12-9-15(19-2)7-8-16(12)17(21)20(3)11-13-5-4-6-14(18)10-13/h4-10,19H,11H2,1-3H3. The molecule has 2 aromatic rings. The highest BCUT2D eigenvalue weighted by molar-refractivity contribution is 9.10. The van der Waals surface area contributed by atoms with E-state index in [1.54, 1.807) is 4.90 Å². The first-order valence-electron chi connectivity index (χ1n) is 6.79. The van der Waals surface area contributed by atoms with Crippen LogP contribution < -0.4 is 5.32 Å². The van der Waals surface area contributed by atoms with Gasteiger partial charge in [-0.05, 0) is 48.4 Å². The molecule has 0 aromatic heterocycles. The Morgan fingerprint density at radius 2 is 2.00 bits per heavy atom. The van der Waals surface area contributed by atoms with Crippen molar-refractivity contribution >= 4 is 27.5 Å². The lowest BCUT2D eigenvalue weighted by Crippen LogP contribution is -2.26. The molecule has 0 saturated carbocycles. The van der Waals surface area contributed by atoms with Crippen molar-refractivity contribution < 1.29 is 4.79 Å². The predicted molar refractivity (Wildman–Crippen MR) is 90.7 cm³/mol. The topological polar surface area (TPSA) is 32.3 Å². The quantitative estimate of drug-likeness (QED) is 0.904. The molecule has 1 amide bonds. The molecule has 0 unspecified atom stereocenters. The second-order valence-corrected chi connectivity index (χ2v) is 5.99. The van der Waals surface area contributed by atoms with Gasteiger partial charge in [-0.1, -0.05) is 28.1 Å². The van der Waals surface area contributed by atoms with Crippen LogP contribution in [-0.2, 0) is 6.54 Å². The molecule has 0 aliphatic carbocycles. The summed E-state index contributed by atoms with van der Waals surface area (Å²) in [5.41, 5.74) is 3.84. The van der Waals surface area contributed by atoms with Crippen molar-refractivity contribution in [2.24, 2.45) is 0 Å². The van der Waals surface area contributed by atoms with Gasteiger partial charge in [0.2, 0.25) is 0 Å². The molecule has 0 heterocycles. The van der Waals surface area contributed by atoms with E-state index in [2.05, 4.69) is 21.2 Å². The SMILES string of the molecule is CNc1ccc(C(=O)N(C)Cc2cccc(Br)c2)c(C)c1. The summed E-state index contributed by atoms with van der Waals surface area (Å²) in [4.78, 5) is 14.3. The first-order chi connectivity index (χ1) is 10.0. The van der Waals surface area contributed by atoms with Crippen LogP contribution in [-0.4, -0.2) is 24.9 Å². The van der Waals surface area contributed by atoms with Crippen LogP contribution >= 0.6 is 15.9 Å². The average Bonchev–Trinajstić information content (AvgIpc) is 2.46. The fourth-order valence-corrected chi connectivity index (χ4v) is 2.69. The van der Waals surface area contributed by atoms with Gasteiger partial charge in [-0.2, -0.15) is 0 Å². The molecular weight excluding hydrogens is 328 g/mol. The van der Waals surface area contributed by atoms with E-state index in [4.69, 9.17) is 0 Å². The average molecular weight is 347 g/mol. The van der Waals surface area contributed by atoms with Gasteiger partial charge in [0.25, 0.3) is 5.91 Å². The summed E-state index contributed by atoms with van der Waals surface area (Å²) in [5.74, 6) is 0.0372. The van der Waals surface area contributed by atoms with Crippen molar-refractivity contribution in [3.63, 3.8) is 0 Å². The van der Waals surface area contributed by atoms with Gasteiger partial charge in [0, 0.05) is 36.4 Å². The van der Waals surface area contributed by atoms with E-state index >= 15 is 0 Å². The van der Waals surface area contributed by atoms with E-state index in [9.17, 15) is 4.79 Å². The Hall–Kier alpha value is -1.81. The fraction of sp³-hybridized carbons (Fsp3) is 0.235. The Labute approximate surface area is 134 Å². The molecule has 0 aliphatic heterocycles. The van der Waals surface area contributed by atoms with E-state index < -0.39 is 0 Å². The minimum absolute atomic E-state index is 0.0372. The second kappa shape index (κ2) is 6.76. The molecule has 2 rings (SSSR count). The van der Waals surface area contributed by atoms with Crippen molar-refractivity contribution in [2.75, 3.05) is 19.4 Å². The molecule has 4 heteroatoms. The molecule has 0 radical (unpaired) electrons. The third-order valence-corrected chi connectivity index (χ3v) is 3.89. The molecular formula is C17H19BrN2O. The van der Waals surface area contributed by atoms with Gasteiger partial charge < -0.3 is 10.2 Å². The summed E-state index contributed by atoms with van der Waals surface area (Å²) in [6.45, 7) is 2.55. The fourth-order valence-electron chi connectivity index (χ4n) is 2.25. The summed E-state index contributed by atoms with van der Waals surface area (Å²) in [7, 11) is 3.70. The molecule has 0 fully saturated rings. The lowest BCUT2D eigenvalue weighted by molar-refractivity contribution is 0.0784. The Balaban J connectivity index is 2.15. The summed E-state index contributed by atoms with van der Waals surface area (Å²) >= 11 is 3.45. The molecule has 0 aliphatic rings. The first-order valence-corrected chi connectivity index (χ1v) is 7.59. The van der Waals surface area contributed by atoms with Gasteiger partial charge in [0.1, 0.15) is 0 Å². The second-order valence-electron chi connectivity index (χ2n) is 5.07. The number of aryl methyl sites for hydroxylation is 1. The van der Waals surface area contributed by atoms with Gasteiger partial charge in [-0.15, -0.1) is 0 Å². The molecule has 110 valence electrons. The molecule has 0 spiro atoms. The van der Waals surface area contributed by atoms with Crippen LogP contribution in [0.15, 0.2) is 46.9 Å². The maximum absolute atomic E-state index is 12.5. The smallest absolute Gasteiger partial charge is 0.254 e. The molecule has 2 aromatic carbocycles. The Bertz CT molecular complexity index is 655. The lowest BCUT2D eigenvalue weighted by atomic mass is 10.1. The number of nitrogens with one attached hydrogen (secondary N) is 1. The number of hydrogen-bond acceptors (Lipinski definition) is 2. The Kier molecular flexibility index (Phi) is 5.02. The van der Waals surface area contributed by atoms with E-state index in [1.165, 1.54) is 0 Å². The van der Waals surface area contributed by atoms with Crippen molar-refractivity contribution in [3.8, 4) is 0 Å². The lowest BCUT2D eigenvalue weighted by Gasteiger charge is -2.19. The highest BCUT2D eigenvalue weighted by Crippen LogP contribution is 2.18. The van der Waals surface area contributed by atoms with Crippen LogP contribution in [0.3, 0.4) is 0 Å². The largest absolute Gasteiger partial charge is 0.388 e. The third-order valence-electron chi connectivity index (χ3n) is 3.40. The van der Waals surface area contributed by atoms with Crippen LogP contribution in [0.2, 0.25) is 0 Å². The number of carbonyl (C=O) groups excluding carboxylic acids is 1. The number of carbonyl (C=O) groups is 1. The summed E-state index contributed by atoms with van der Waals surface area (Å²) in [6.07, 6.45) is 0. The van der Waals surface area contributed by atoms with Crippen LogP contribution in [0, 0.1) is 6.92 Å². The minimum Gasteiger partial charge on any atom is -0.388 e. The van der Waals surface area contributed by atoms with Crippen LogP contribution in [0.5, 0.6) is 0 Å². The zero-order valence-corrected chi connectivity index (χ0v) is 14.1. The van der Waals surface area contributed by atoms with E-state index in [0.29, 0.717) is 6.54 Å². The number of halogens is 1. The number of benzene rings is 2. The number of hydrogen-bond donors (Lipinski definition) is 1. The third kappa shape index (κ3) is 3.85. The molecule has 0 bridgehead atoms. The number of anilines is 1. The monoisotopic (exact) mass is 346 g/mol. The number of rotatable bonds is 4. The Morgan fingerprint density at radius 3 is 2.62 bits per heavy atom. The van der Waals surface area contributed by atoms with Gasteiger partial charge in [0.15, 0.2) is 0 Å². The summed E-state index contributed by atoms with van der Waals surface area (Å²) in [6, 6.07) is 13.8. The van der Waals surface area contributed by atoms with Crippen molar-refractivity contribution in [3.05, 3.63) is 63.6 Å². The normalized spacial score (nSPS) is 10.3. The van der Waals surface area contributed by atoms with E-state index in [0.717, 1.165) is 26.9 Å². The van der Waals surface area contributed by atoms with Crippen LogP contribution in [0.25, 0.3) is 0 Å². The zero-order chi connectivity index (χ0) is 15.4. The van der Waals surface area contributed by atoms with Gasteiger partial charge in [-0.3, -0.25) is 4.79 Å². The van der Waals surface area contributed by atoms with Crippen molar-refractivity contribution in [2.45, 2.75) is 13.5 Å². The maximum atomic E-state index is 12.5. The molecule has 0 saturated heterocycles. The van der Waals surface area contributed by atoms with Crippen LogP contribution in [0.4, 0.5) is 5.69 Å². The maximum Gasteiger partial charge on any atom is 0.254 e. The summed E-state index contributed by atoms with van der Waals surface area (Å²) < 4.78 is 1.02. The van der Waals surface area contributed by atoms with Crippen molar-refractivity contribution in [1.29, 1.82) is 0 Å². The Morgan fingerprint density at radius 1 is 1.24 bits per heavy atom. The summed E-state index contributed by atoms with van der Waals surface area (Å²) in [5, 5.41) is 3.08. The van der Waals surface area contributed by atoms with Gasteiger partial charge >= 0.3 is 0 Å². The molecule has 3 nitrogen and oxygen atoms in total.